The predicted octanol–water partition coefficient (Wildman–Crippen LogP) is 4.60. The smallest absolute Gasteiger partial charge is 0.230 e. The van der Waals surface area contributed by atoms with Crippen molar-refractivity contribution in [2.24, 2.45) is 5.92 Å². The van der Waals surface area contributed by atoms with E-state index in [-0.39, 0.29) is 18.2 Å². The monoisotopic (exact) mass is 457 g/mol. The van der Waals surface area contributed by atoms with Crippen LogP contribution in [0.5, 0.6) is 0 Å². The molecule has 2 aromatic carbocycles. The van der Waals surface area contributed by atoms with Crippen LogP contribution in [0.25, 0.3) is 16.4 Å². The zero-order chi connectivity index (χ0) is 22.9. The molecule has 2 amide bonds. The number of amides is 2. The molecule has 1 fully saturated rings. The number of carbonyl (C=O) groups is 2. The van der Waals surface area contributed by atoms with Gasteiger partial charge in [0.1, 0.15) is 5.82 Å². The van der Waals surface area contributed by atoms with E-state index in [0.717, 1.165) is 22.6 Å². The number of rotatable bonds is 5. The van der Waals surface area contributed by atoms with Crippen LogP contribution in [0.2, 0.25) is 0 Å². The molecule has 0 aliphatic carbocycles. The van der Waals surface area contributed by atoms with Gasteiger partial charge in [0.05, 0.1) is 17.3 Å². The Kier molecular flexibility index (Phi) is 5.51. The minimum atomic E-state index is -0.430. The van der Waals surface area contributed by atoms with E-state index >= 15 is 0 Å². The molecule has 8 heteroatoms. The Morgan fingerprint density at radius 3 is 2.61 bits per heavy atom. The van der Waals surface area contributed by atoms with Gasteiger partial charge in [-0.25, -0.2) is 4.98 Å². The van der Waals surface area contributed by atoms with Crippen molar-refractivity contribution in [3.63, 3.8) is 0 Å². The van der Waals surface area contributed by atoms with Crippen molar-refractivity contribution in [3.8, 4) is 16.4 Å². The highest BCUT2D eigenvalue weighted by Crippen LogP contribution is 2.29. The molecule has 5 rings (SSSR count). The van der Waals surface area contributed by atoms with Crippen LogP contribution >= 0.6 is 11.3 Å². The standard InChI is InChI=1S/C25H23N5O2S/c1-16-8-10-18(11-9-16)21-15-33-25(26-21)30-22(12-17(2)28-30)27-24(32)19-13-23(31)29(14-19)20-6-4-3-5-7-20/h3-12,15,19H,13-14H2,1-2H3,(H,27,32)/t19-/m0/s1. The molecule has 2 aromatic heterocycles. The van der Waals surface area contributed by atoms with Crippen LogP contribution in [0.3, 0.4) is 0 Å². The molecule has 0 spiro atoms. The maximum atomic E-state index is 13.0. The molecule has 3 heterocycles. The number of hydrogen-bond acceptors (Lipinski definition) is 5. The van der Waals surface area contributed by atoms with E-state index in [2.05, 4.69) is 29.5 Å². The first-order valence-corrected chi connectivity index (χ1v) is 11.6. The average Bonchev–Trinajstić information content (AvgIpc) is 3.53. The van der Waals surface area contributed by atoms with Crippen LogP contribution < -0.4 is 10.2 Å². The van der Waals surface area contributed by atoms with Gasteiger partial charge in [-0.3, -0.25) is 9.59 Å². The van der Waals surface area contributed by atoms with Crippen LogP contribution in [0.1, 0.15) is 17.7 Å². The summed E-state index contributed by atoms with van der Waals surface area (Å²) in [7, 11) is 0. The van der Waals surface area contributed by atoms with Crippen LogP contribution in [-0.4, -0.2) is 33.1 Å². The number of para-hydroxylation sites is 1. The van der Waals surface area contributed by atoms with Crippen LogP contribution in [-0.2, 0) is 9.59 Å². The van der Waals surface area contributed by atoms with Gasteiger partial charge in [0.2, 0.25) is 16.9 Å². The topological polar surface area (TPSA) is 80.1 Å². The van der Waals surface area contributed by atoms with Gasteiger partial charge in [-0.05, 0) is 26.0 Å². The normalized spacial score (nSPS) is 15.8. The van der Waals surface area contributed by atoms with E-state index in [1.807, 2.05) is 60.8 Å². The third-order valence-electron chi connectivity index (χ3n) is 5.67. The van der Waals surface area contributed by atoms with Crippen molar-refractivity contribution in [2.45, 2.75) is 20.3 Å². The third-order valence-corrected chi connectivity index (χ3v) is 6.48. The number of nitrogens with one attached hydrogen (secondary N) is 1. The second-order valence-corrected chi connectivity index (χ2v) is 9.03. The summed E-state index contributed by atoms with van der Waals surface area (Å²) in [6.07, 6.45) is 0.183. The third kappa shape index (κ3) is 4.29. The fourth-order valence-corrected chi connectivity index (χ4v) is 4.72. The molecule has 7 nitrogen and oxygen atoms in total. The summed E-state index contributed by atoms with van der Waals surface area (Å²) >= 11 is 1.46. The fraction of sp³-hybridized carbons (Fsp3) is 0.200. The first-order valence-electron chi connectivity index (χ1n) is 10.7. The van der Waals surface area contributed by atoms with Gasteiger partial charge in [0.25, 0.3) is 0 Å². The van der Waals surface area contributed by atoms with Gasteiger partial charge < -0.3 is 10.2 Å². The highest BCUT2D eigenvalue weighted by molar-refractivity contribution is 7.12. The lowest BCUT2D eigenvalue weighted by molar-refractivity contribution is -0.122. The quantitative estimate of drug-likeness (QED) is 0.475. The number of benzene rings is 2. The molecular weight excluding hydrogens is 434 g/mol. The minimum Gasteiger partial charge on any atom is -0.312 e. The van der Waals surface area contributed by atoms with Crippen molar-refractivity contribution >= 4 is 34.7 Å². The van der Waals surface area contributed by atoms with Crippen LogP contribution in [0, 0.1) is 19.8 Å². The second-order valence-electron chi connectivity index (χ2n) is 8.19. The number of carbonyl (C=O) groups excluding carboxylic acids is 2. The van der Waals surface area contributed by atoms with Crippen molar-refractivity contribution in [1.82, 2.24) is 14.8 Å². The van der Waals surface area contributed by atoms with E-state index in [4.69, 9.17) is 4.98 Å². The van der Waals surface area contributed by atoms with Crippen molar-refractivity contribution < 1.29 is 9.59 Å². The number of aryl methyl sites for hydroxylation is 2. The molecule has 1 saturated heterocycles. The lowest BCUT2D eigenvalue weighted by atomic mass is 10.1. The molecule has 1 aliphatic heterocycles. The summed E-state index contributed by atoms with van der Waals surface area (Å²) in [6.45, 7) is 4.28. The van der Waals surface area contributed by atoms with Crippen molar-refractivity contribution in [1.29, 1.82) is 0 Å². The molecule has 4 aromatic rings. The highest BCUT2D eigenvalue weighted by Gasteiger charge is 2.35. The van der Waals surface area contributed by atoms with Crippen molar-refractivity contribution in [3.05, 3.63) is 77.3 Å². The van der Waals surface area contributed by atoms with Crippen LogP contribution in [0.4, 0.5) is 11.5 Å². The number of thiazole rings is 1. The number of hydrogen-bond donors (Lipinski definition) is 1. The summed E-state index contributed by atoms with van der Waals surface area (Å²) in [6, 6.07) is 19.4. The lowest BCUT2D eigenvalue weighted by Crippen LogP contribution is -2.28. The molecule has 33 heavy (non-hydrogen) atoms. The Labute approximate surface area is 195 Å². The molecule has 0 unspecified atom stereocenters. The fourth-order valence-electron chi connectivity index (χ4n) is 3.92. The maximum Gasteiger partial charge on any atom is 0.230 e. The Balaban J connectivity index is 1.34. The van der Waals surface area contributed by atoms with Gasteiger partial charge in [0.15, 0.2) is 0 Å². The zero-order valence-electron chi connectivity index (χ0n) is 18.4. The molecular formula is C25H23N5O2S. The minimum absolute atomic E-state index is 0.0475. The second kappa shape index (κ2) is 8.63. The number of anilines is 2. The van der Waals surface area contributed by atoms with E-state index < -0.39 is 5.92 Å². The van der Waals surface area contributed by atoms with Gasteiger partial charge >= 0.3 is 0 Å². The Morgan fingerprint density at radius 2 is 1.85 bits per heavy atom. The number of nitrogens with zero attached hydrogens (tertiary/aromatic N) is 4. The summed E-state index contributed by atoms with van der Waals surface area (Å²) in [5.74, 6) is -0.124. The lowest BCUT2D eigenvalue weighted by Gasteiger charge is -2.16. The van der Waals surface area contributed by atoms with Gasteiger partial charge in [-0.15, -0.1) is 11.3 Å². The number of aromatic nitrogens is 3. The molecule has 1 aliphatic rings. The highest BCUT2D eigenvalue weighted by atomic mass is 32.1. The zero-order valence-corrected chi connectivity index (χ0v) is 19.2. The van der Waals surface area contributed by atoms with Crippen molar-refractivity contribution in [2.75, 3.05) is 16.8 Å². The molecule has 1 atom stereocenters. The average molecular weight is 458 g/mol. The first kappa shape index (κ1) is 21.1. The van der Waals surface area contributed by atoms with Crippen LogP contribution in [0.15, 0.2) is 66.0 Å². The molecule has 0 radical (unpaired) electrons. The van der Waals surface area contributed by atoms with Gasteiger partial charge in [0, 0.05) is 35.7 Å². The molecule has 0 saturated carbocycles. The van der Waals surface area contributed by atoms with E-state index in [1.54, 1.807) is 9.58 Å². The molecule has 166 valence electrons. The Bertz CT molecular complexity index is 1310. The Morgan fingerprint density at radius 1 is 1.09 bits per heavy atom. The van der Waals surface area contributed by atoms with E-state index in [0.29, 0.717) is 17.5 Å². The van der Waals surface area contributed by atoms with Gasteiger partial charge in [-0.2, -0.15) is 9.78 Å². The summed E-state index contributed by atoms with van der Waals surface area (Å²) in [4.78, 5) is 31.9. The summed E-state index contributed by atoms with van der Waals surface area (Å²) in [5.41, 5.74) is 4.66. The van der Waals surface area contributed by atoms with E-state index in [1.165, 1.54) is 16.9 Å². The molecule has 1 N–H and O–H groups in total. The molecule has 0 bridgehead atoms. The maximum absolute atomic E-state index is 13.0. The Hall–Kier alpha value is -3.78. The SMILES string of the molecule is Cc1ccc(-c2csc(-n3nc(C)cc3NC(=O)[C@H]3CC(=O)N(c4ccccc4)C3)n2)cc1. The predicted molar refractivity (Wildman–Crippen MR) is 130 cm³/mol. The largest absolute Gasteiger partial charge is 0.312 e. The van der Waals surface area contributed by atoms with Gasteiger partial charge in [-0.1, -0.05) is 48.0 Å². The summed E-state index contributed by atoms with van der Waals surface area (Å²) < 4.78 is 1.65. The van der Waals surface area contributed by atoms with E-state index in [9.17, 15) is 9.59 Å². The summed E-state index contributed by atoms with van der Waals surface area (Å²) in [5, 5.41) is 10.2. The first-order chi connectivity index (χ1) is 16.0.